The Hall–Kier alpha value is -3.74. The van der Waals surface area contributed by atoms with Gasteiger partial charge in [0.25, 0.3) is 0 Å². The molecule has 0 bridgehead atoms. The van der Waals surface area contributed by atoms with Crippen molar-refractivity contribution in [1.82, 2.24) is 24.7 Å². The molecule has 0 amide bonds. The third kappa shape index (κ3) is 5.36. The SMILES string of the molecule is COc1cccc(OC)c1-n1c(NS(=O)(=O)[C@H](C)[C@@H](OC)c2ccc(Cl)cn2)nnc1-c1ccccn1. The second-order valence-corrected chi connectivity index (χ2v) is 10.3. The van der Waals surface area contributed by atoms with Crippen LogP contribution in [0.5, 0.6) is 11.5 Å². The zero-order chi connectivity index (χ0) is 26.6. The largest absolute Gasteiger partial charge is 0.494 e. The van der Waals surface area contributed by atoms with E-state index in [1.54, 1.807) is 54.7 Å². The third-order valence-corrected chi connectivity index (χ3v) is 7.54. The van der Waals surface area contributed by atoms with E-state index in [0.29, 0.717) is 33.6 Å². The maximum absolute atomic E-state index is 13.6. The van der Waals surface area contributed by atoms with Gasteiger partial charge in [-0.25, -0.2) is 8.42 Å². The minimum atomic E-state index is -4.09. The standard InChI is InChI=1S/C24H25ClN6O5S/c1-15(22(36-4)17-12-11-16(25)14-27-17)37(32,33)30-24-29-28-23(18-8-5-6-13-26-18)31(24)21-19(34-2)9-7-10-20(21)35-3/h5-15,22H,1-4H3,(H,29,30)/t15-,22-/m1/s1. The number of nitrogens with zero attached hydrogens (tertiary/aromatic N) is 5. The van der Waals surface area contributed by atoms with Gasteiger partial charge >= 0.3 is 0 Å². The number of hydrogen-bond acceptors (Lipinski definition) is 9. The van der Waals surface area contributed by atoms with Crippen molar-refractivity contribution >= 4 is 27.6 Å². The first-order valence-electron chi connectivity index (χ1n) is 11.0. The van der Waals surface area contributed by atoms with Crippen molar-refractivity contribution in [2.24, 2.45) is 0 Å². The van der Waals surface area contributed by atoms with Gasteiger partial charge < -0.3 is 14.2 Å². The van der Waals surface area contributed by atoms with E-state index in [-0.39, 0.29) is 11.8 Å². The van der Waals surface area contributed by atoms with Crippen LogP contribution in [0.2, 0.25) is 5.02 Å². The summed E-state index contributed by atoms with van der Waals surface area (Å²) in [4.78, 5) is 8.58. The molecule has 11 nitrogen and oxygen atoms in total. The van der Waals surface area contributed by atoms with Crippen LogP contribution in [0.15, 0.2) is 60.9 Å². The molecule has 0 aliphatic rings. The predicted octanol–water partition coefficient (Wildman–Crippen LogP) is 3.91. The lowest BCUT2D eigenvalue weighted by molar-refractivity contribution is 0.0989. The molecule has 0 radical (unpaired) electrons. The number of anilines is 1. The monoisotopic (exact) mass is 544 g/mol. The normalized spacial score (nSPS) is 13.1. The van der Waals surface area contributed by atoms with Gasteiger partial charge in [-0.3, -0.25) is 19.3 Å². The number of hydrogen-bond donors (Lipinski definition) is 1. The van der Waals surface area contributed by atoms with Crippen LogP contribution in [-0.2, 0) is 14.8 Å². The molecular weight excluding hydrogens is 520 g/mol. The Kier molecular flexibility index (Phi) is 7.91. The summed E-state index contributed by atoms with van der Waals surface area (Å²) in [7, 11) is 0.311. The van der Waals surface area contributed by atoms with Gasteiger partial charge in [-0.2, -0.15) is 0 Å². The minimum absolute atomic E-state index is 0.0887. The quantitative estimate of drug-likeness (QED) is 0.315. The van der Waals surface area contributed by atoms with Crippen LogP contribution < -0.4 is 14.2 Å². The number of methoxy groups -OCH3 is 3. The summed E-state index contributed by atoms with van der Waals surface area (Å²) in [5, 5.41) is 7.75. The molecular formula is C24H25ClN6O5S. The molecule has 0 aliphatic carbocycles. The summed E-state index contributed by atoms with van der Waals surface area (Å²) in [6, 6.07) is 13.7. The van der Waals surface area contributed by atoms with E-state index in [1.165, 1.54) is 39.0 Å². The van der Waals surface area contributed by atoms with Crippen LogP contribution >= 0.6 is 11.6 Å². The second-order valence-electron chi connectivity index (χ2n) is 7.82. The molecule has 0 aliphatic heterocycles. The fourth-order valence-electron chi connectivity index (χ4n) is 3.77. The van der Waals surface area contributed by atoms with E-state index < -0.39 is 21.4 Å². The highest BCUT2D eigenvalue weighted by atomic mass is 35.5. The molecule has 0 fully saturated rings. The van der Waals surface area contributed by atoms with Gasteiger partial charge in [0.2, 0.25) is 16.0 Å². The molecule has 0 saturated carbocycles. The summed E-state index contributed by atoms with van der Waals surface area (Å²) >= 11 is 5.94. The molecule has 1 aromatic carbocycles. The number of nitrogens with one attached hydrogen (secondary N) is 1. The first-order valence-corrected chi connectivity index (χ1v) is 13.0. The van der Waals surface area contributed by atoms with Gasteiger partial charge in [-0.1, -0.05) is 23.7 Å². The van der Waals surface area contributed by atoms with Gasteiger partial charge in [0, 0.05) is 19.5 Å². The van der Waals surface area contributed by atoms with Gasteiger partial charge in [-0.05, 0) is 43.3 Å². The first kappa shape index (κ1) is 26.3. The fraction of sp³-hybridized carbons (Fsp3) is 0.250. The molecule has 4 aromatic rings. The number of aromatic nitrogens is 5. The fourth-order valence-corrected chi connectivity index (χ4v) is 5.03. The number of sulfonamides is 1. The molecule has 2 atom stereocenters. The summed E-state index contributed by atoms with van der Waals surface area (Å²) in [5.74, 6) is 1.00. The van der Waals surface area contributed by atoms with E-state index in [9.17, 15) is 8.42 Å². The van der Waals surface area contributed by atoms with Crippen molar-refractivity contribution in [3.05, 3.63) is 71.6 Å². The Morgan fingerprint density at radius 1 is 0.946 bits per heavy atom. The first-order chi connectivity index (χ1) is 17.8. The van der Waals surface area contributed by atoms with Crippen LogP contribution in [0.3, 0.4) is 0 Å². The van der Waals surface area contributed by atoms with Gasteiger partial charge in [0.15, 0.2) is 5.82 Å². The highest BCUT2D eigenvalue weighted by molar-refractivity contribution is 7.93. The Morgan fingerprint density at radius 2 is 1.68 bits per heavy atom. The van der Waals surface area contributed by atoms with Crippen LogP contribution in [-0.4, -0.2) is 59.7 Å². The smallest absolute Gasteiger partial charge is 0.243 e. The van der Waals surface area contributed by atoms with Crippen LogP contribution in [0.25, 0.3) is 17.2 Å². The van der Waals surface area contributed by atoms with E-state index in [2.05, 4.69) is 24.9 Å². The average Bonchev–Trinajstić information content (AvgIpc) is 3.32. The second kappa shape index (κ2) is 11.1. The molecule has 0 saturated heterocycles. The van der Waals surface area contributed by atoms with Gasteiger partial charge in [0.05, 0.1) is 24.9 Å². The summed E-state index contributed by atoms with van der Waals surface area (Å²) in [6.07, 6.45) is 2.14. The molecule has 0 unspecified atom stereocenters. The highest BCUT2D eigenvalue weighted by Crippen LogP contribution is 2.37. The topological polar surface area (TPSA) is 130 Å². The zero-order valence-corrected chi connectivity index (χ0v) is 22.1. The lowest BCUT2D eigenvalue weighted by Gasteiger charge is -2.23. The van der Waals surface area contributed by atoms with Crippen molar-refractivity contribution < 1.29 is 22.6 Å². The lowest BCUT2D eigenvalue weighted by Crippen LogP contribution is -2.33. The number of rotatable bonds is 10. The molecule has 13 heteroatoms. The average molecular weight is 545 g/mol. The van der Waals surface area contributed by atoms with E-state index >= 15 is 0 Å². The Labute approximate surface area is 219 Å². The van der Waals surface area contributed by atoms with Crippen LogP contribution in [0, 0.1) is 0 Å². The summed E-state index contributed by atoms with van der Waals surface area (Å²) < 4.78 is 47.8. The van der Waals surface area contributed by atoms with Gasteiger partial charge in [0.1, 0.15) is 34.2 Å². The molecule has 0 spiro atoms. The summed E-state index contributed by atoms with van der Waals surface area (Å²) in [5.41, 5.74) is 1.26. The molecule has 3 aromatic heterocycles. The van der Waals surface area contributed by atoms with Crippen LogP contribution in [0.4, 0.5) is 5.95 Å². The van der Waals surface area contributed by atoms with E-state index in [4.69, 9.17) is 25.8 Å². The van der Waals surface area contributed by atoms with Crippen molar-refractivity contribution in [2.75, 3.05) is 26.1 Å². The number of halogens is 1. The highest BCUT2D eigenvalue weighted by Gasteiger charge is 2.34. The third-order valence-electron chi connectivity index (χ3n) is 5.63. The number of benzene rings is 1. The number of para-hydroxylation sites is 1. The van der Waals surface area contributed by atoms with Crippen molar-refractivity contribution in [1.29, 1.82) is 0 Å². The zero-order valence-electron chi connectivity index (χ0n) is 20.5. The Morgan fingerprint density at radius 3 is 2.24 bits per heavy atom. The van der Waals surface area contributed by atoms with Crippen molar-refractivity contribution in [3.63, 3.8) is 0 Å². The van der Waals surface area contributed by atoms with Crippen molar-refractivity contribution in [3.8, 4) is 28.7 Å². The molecule has 1 N–H and O–H groups in total. The van der Waals surface area contributed by atoms with E-state index in [1.807, 2.05) is 0 Å². The molecule has 4 rings (SSSR count). The minimum Gasteiger partial charge on any atom is -0.494 e. The predicted molar refractivity (Wildman–Crippen MR) is 139 cm³/mol. The Balaban J connectivity index is 1.83. The summed E-state index contributed by atoms with van der Waals surface area (Å²) in [6.45, 7) is 1.51. The molecule has 194 valence electrons. The number of pyridine rings is 2. The van der Waals surface area contributed by atoms with Crippen LogP contribution in [0.1, 0.15) is 18.7 Å². The van der Waals surface area contributed by atoms with Gasteiger partial charge in [-0.15, -0.1) is 10.2 Å². The molecule has 37 heavy (non-hydrogen) atoms. The van der Waals surface area contributed by atoms with Crippen molar-refractivity contribution in [2.45, 2.75) is 18.3 Å². The molecule has 3 heterocycles. The maximum Gasteiger partial charge on any atom is 0.243 e. The maximum atomic E-state index is 13.6. The lowest BCUT2D eigenvalue weighted by atomic mass is 10.2. The Bertz CT molecular complexity index is 1440. The number of ether oxygens (including phenoxy) is 3. The van der Waals surface area contributed by atoms with E-state index in [0.717, 1.165) is 0 Å².